The number of rotatable bonds is 4. The van der Waals surface area contributed by atoms with Gasteiger partial charge < -0.3 is 10.8 Å². The van der Waals surface area contributed by atoms with Crippen LogP contribution in [0.4, 0.5) is 13.8 Å². The summed E-state index contributed by atoms with van der Waals surface area (Å²) < 4.78 is 25.8. The van der Waals surface area contributed by atoms with Crippen LogP contribution in [0.2, 0.25) is 0 Å². The van der Waals surface area contributed by atoms with Gasteiger partial charge in [0, 0.05) is 11.4 Å². The maximum atomic E-state index is 12.9. The minimum absolute atomic E-state index is 0.0502. The second-order valence-corrected chi connectivity index (χ2v) is 3.76. The molecule has 1 atom stereocenters. The van der Waals surface area contributed by atoms with Gasteiger partial charge in [-0.1, -0.05) is 11.3 Å². The summed E-state index contributed by atoms with van der Waals surface area (Å²) in [5.41, 5.74) is 5.12. The Hall–Kier alpha value is -1.12. The predicted octanol–water partition coefficient (Wildman–Crippen LogP) is 1.28. The molecule has 3 N–H and O–H groups in total. The van der Waals surface area contributed by atoms with Gasteiger partial charge in [0.15, 0.2) is 0 Å². The minimum Gasteiger partial charge on any atom is -0.390 e. The third-order valence-electron chi connectivity index (χ3n) is 1.81. The molecule has 1 heterocycles. The monoisotopic (exact) mass is 238 g/mol. The highest BCUT2D eigenvalue weighted by Crippen LogP contribution is 2.33. The lowest BCUT2D eigenvalue weighted by molar-refractivity contribution is -0.380. The number of halogens is 2. The molecule has 5 nitrogen and oxygen atoms in total. The first-order valence-electron chi connectivity index (χ1n) is 3.85. The van der Waals surface area contributed by atoms with Crippen molar-refractivity contribution in [3.63, 3.8) is 0 Å². The quantitative estimate of drug-likeness (QED) is 0.610. The van der Waals surface area contributed by atoms with Crippen molar-refractivity contribution in [3.8, 4) is 0 Å². The van der Waals surface area contributed by atoms with Crippen LogP contribution in [0.1, 0.15) is 11.6 Å². The normalized spacial score (nSPS) is 13.9. The third kappa shape index (κ3) is 2.46. The highest BCUT2D eigenvalue weighted by molar-refractivity contribution is 7.13. The number of hydrogen-bond acceptors (Lipinski definition) is 5. The summed E-state index contributed by atoms with van der Waals surface area (Å²) in [7, 11) is 0. The van der Waals surface area contributed by atoms with E-state index in [9.17, 15) is 18.9 Å². The van der Waals surface area contributed by atoms with Crippen LogP contribution < -0.4 is 5.73 Å². The van der Waals surface area contributed by atoms with E-state index in [1.165, 1.54) is 5.38 Å². The van der Waals surface area contributed by atoms with Crippen molar-refractivity contribution >= 4 is 16.3 Å². The highest BCUT2D eigenvalue weighted by atomic mass is 32.1. The highest BCUT2D eigenvalue weighted by Gasteiger charge is 2.38. The molecule has 0 aliphatic rings. The fraction of sp³-hybridized carbons (Fsp3) is 0.429. The van der Waals surface area contributed by atoms with Crippen molar-refractivity contribution in [3.05, 3.63) is 27.1 Å². The lowest BCUT2D eigenvalue weighted by Gasteiger charge is -2.19. The van der Waals surface area contributed by atoms with E-state index in [-0.39, 0.29) is 10.6 Å². The maximum absolute atomic E-state index is 12.9. The molecular weight excluding hydrogens is 230 g/mol. The van der Waals surface area contributed by atoms with E-state index in [4.69, 9.17) is 10.8 Å². The number of alkyl halides is 2. The van der Waals surface area contributed by atoms with Gasteiger partial charge in [0.1, 0.15) is 6.61 Å². The van der Waals surface area contributed by atoms with Crippen molar-refractivity contribution < 1.29 is 18.8 Å². The van der Waals surface area contributed by atoms with Crippen molar-refractivity contribution in [1.82, 2.24) is 0 Å². The van der Waals surface area contributed by atoms with Crippen molar-refractivity contribution in [2.24, 2.45) is 5.73 Å². The summed E-state index contributed by atoms with van der Waals surface area (Å²) in [6.45, 7) is -1.39. The summed E-state index contributed by atoms with van der Waals surface area (Å²) in [6.07, 6.45) is 0. The van der Waals surface area contributed by atoms with Gasteiger partial charge in [-0.05, 0) is 5.56 Å². The molecule has 15 heavy (non-hydrogen) atoms. The molecule has 1 aromatic heterocycles. The molecule has 0 saturated carbocycles. The molecule has 0 fully saturated rings. The Morgan fingerprint density at radius 3 is 2.73 bits per heavy atom. The van der Waals surface area contributed by atoms with Gasteiger partial charge in [0.25, 0.3) is 5.92 Å². The first-order chi connectivity index (χ1) is 6.88. The summed E-state index contributed by atoms with van der Waals surface area (Å²) in [4.78, 5) is 9.61. The van der Waals surface area contributed by atoms with Gasteiger partial charge in [-0.15, -0.1) is 0 Å². The lowest BCUT2D eigenvalue weighted by atomic mass is 10.1. The van der Waals surface area contributed by atoms with E-state index in [1.807, 2.05) is 0 Å². The van der Waals surface area contributed by atoms with Crippen molar-refractivity contribution in [2.75, 3.05) is 6.61 Å². The zero-order chi connectivity index (χ0) is 11.6. The number of aliphatic hydroxyl groups excluding tert-OH is 1. The van der Waals surface area contributed by atoms with E-state index in [0.29, 0.717) is 0 Å². The van der Waals surface area contributed by atoms with Crippen LogP contribution in [-0.2, 0) is 0 Å². The van der Waals surface area contributed by atoms with Crippen LogP contribution in [-0.4, -0.2) is 22.6 Å². The smallest absolute Gasteiger partial charge is 0.324 e. The Labute approximate surface area is 87.3 Å². The van der Waals surface area contributed by atoms with E-state index >= 15 is 0 Å². The lowest BCUT2D eigenvalue weighted by Crippen LogP contribution is -2.35. The summed E-state index contributed by atoms with van der Waals surface area (Å²) >= 11 is 0.719. The molecule has 0 aliphatic heterocycles. The number of thiophene rings is 1. The molecule has 0 aliphatic carbocycles. The Morgan fingerprint density at radius 1 is 1.73 bits per heavy atom. The van der Waals surface area contributed by atoms with Crippen LogP contribution in [0.15, 0.2) is 11.4 Å². The topological polar surface area (TPSA) is 89.4 Å². The van der Waals surface area contributed by atoms with E-state index in [0.717, 1.165) is 17.4 Å². The molecule has 0 unspecified atom stereocenters. The number of nitrogens with zero attached hydrogens (tertiary/aromatic N) is 1. The second-order valence-electron chi connectivity index (χ2n) is 2.87. The van der Waals surface area contributed by atoms with Crippen LogP contribution in [0.3, 0.4) is 0 Å². The van der Waals surface area contributed by atoms with Gasteiger partial charge in [0.05, 0.1) is 11.0 Å². The zero-order valence-electron chi connectivity index (χ0n) is 7.39. The van der Waals surface area contributed by atoms with E-state index in [1.54, 1.807) is 0 Å². The third-order valence-corrected chi connectivity index (χ3v) is 2.71. The minimum atomic E-state index is -3.48. The summed E-state index contributed by atoms with van der Waals surface area (Å²) in [6, 6.07) is -0.744. The van der Waals surface area contributed by atoms with Gasteiger partial charge in [-0.2, -0.15) is 0 Å². The molecule has 1 rings (SSSR count). The predicted molar refractivity (Wildman–Crippen MR) is 49.9 cm³/mol. The summed E-state index contributed by atoms with van der Waals surface area (Å²) in [5, 5.41) is 19.6. The molecule has 0 bridgehead atoms. The largest absolute Gasteiger partial charge is 0.390 e. The molecule has 84 valence electrons. The van der Waals surface area contributed by atoms with E-state index in [2.05, 4.69) is 0 Å². The number of hydrogen-bond donors (Lipinski definition) is 2. The van der Waals surface area contributed by atoms with Crippen molar-refractivity contribution in [2.45, 2.75) is 12.0 Å². The van der Waals surface area contributed by atoms with Gasteiger partial charge in [-0.3, -0.25) is 10.1 Å². The van der Waals surface area contributed by atoms with Crippen LogP contribution in [0, 0.1) is 10.1 Å². The Kier molecular flexibility index (Phi) is 3.32. The average molecular weight is 238 g/mol. The fourth-order valence-electron chi connectivity index (χ4n) is 0.940. The Balaban J connectivity index is 2.92. The molecule has 0 radical (unpaired) electrons. The van der Waals surface area contributed by atoms with Gasteiger partial charge >= 0.3 is 5.00 Å². The van der Waals surface area contributed by atoms with E-state index < -0.39 is 23.5 Å². The number of nitro groups is 1. The first kappa shape index (κ1) is 12.0. The second kappa shape index (κ2) is 4.17. The summed E-state index contributed by atoms with van der Waals surface area (Å²) in [5.74, 6) is -3.48. The molecule has 0 amide bonds. The standard InChI is InChI=1S/C7H8F2N2O3S/c8-7(9,3-12)6(10)4-1-5(11(13)14)15-2-4/h1-2,6,12H,3,10H2/t6-/m1/s1. The first-order valence-corrected chi connectivity index (χ1v) is 4.73. The average Bonchev–Trinajstić information content (AvgIpc) is 2.65. The van der Waals surface area contributed by atoms with Crippen LogP contribution in [0.25, 0.3) is 0 Å². The SMILES string of the molecule is N[C@H](c1csc([N+](=O)[O-])c1)C(F)(F)CO. The van der Waals surface area contributed by atoms with Crippen LogP contribution in [0.5, 0.6) is 0 Å². The van der Waals surface area contributed by atoms with Gasteiger partial charge in [0.2, 0.25) is 0 Å². The molecule has 0 saturated heterocycles. The zero-order valence-corrected chi connectivity index (χ0v) is 8.21. The maximum Gasteiger partial charge on any atom is 0.324 e. The molecule has 0 aromatic carbocycles. The van der Waals surface area contributed by atoms with Gasteiger partial charge in [-0.25, -0.2) is 8.78 Å². The number of nitrogens with two attached hydrogens (primary N) is 1. The van der Waals surface area contributed by atoms with Crippen molar-refractivity contribution in [1.29, 1.82) is 0 Å². The number of aliphatic hydroxyl groups is 1. The molecular formula is C7H8F2N2O3S. The fourth-order valence-corrected chi connectivity index (χ4v) is 1.70. The van der Waals surface area contributed by atoms with Crippen LogP contribution >= 0.6 is 11.3 Å². The Morgan fingerprint density at radius 2 is 2.33 bits per heavy atom. The Bertz CT molecular complexity index is 369. The molecule has 1 aromatic rings. The molecule has 0 spiro atoms. The molecule has 8 heteroatoms.